The van der Waals surface area contributed by atoms with Crippen molar-refractivity contribution in [1.82, 2.24) is 0 Å². The van der Waals surface area contributed by atoms with Gasteiger partial charge in [0.05, 0.1) is 10.6 Å². The number of ether oxygens (including phenoxy) is 1. The lowest BCUT2D eigenvalue weighted by Gasteiger charge is -2.02. The number of hydrogen-bond donors (Lipinski definition) is 0. The molecule has 1 atom stereocenters. The van der Waals surface area contributed by atoms with Crippen molar-refractivity contribution in [3.05, 3.63) is 34.6 Å². The molecule has 1 saturated carbocycles. The molecular formula is C12H12ClFO. The number of hydrogen-bond acceptors (Lipinski definition) is 1. The highest BCUT2D eigenvalue weighted by Gasteiger charge is 2.57. The molecular weight excluding hydrogens is 215 g/mol. The van der Waals surface area contributed by atoms with Gasteiger partial charge in [0.25, 0.3) is 0 Å². The molecule has 0 N–H and O–H groups in total. The molecule has 1 heterocycles. The maximum absolute atomic E-state index is 13.0. The van der Waals surface area contributed by atoms with Crippen LogP contribution in [0.15, 0.2) is 18.2 Å². The van der Waals surface area contributed by atoms with Crippen molar-refractivity contribution in [3.8, 4) is 0 Å². The molecule has 1 spiro atoms. The second kappa shape index (κ2) is 3.19. The maximum atomic E-state index is 13.0. The topological polar surface area (TPSA) is 12.5 Å². The molecule has 0 amide bonds. The first kappa shape index (κ1) is 9.61. The predicted octanol–water partition coefficient (Wildman–Crippen LogP) is 3.86. The van der Waals surface area contributed by atoms with E-state index in [1.165, 1.54) is 18.9 Å². The fraction of sp³-hybridized carbons (Fsp3) is 0.500. The molecule has 1 saturated heterocycles. The largest absolute Gasteiger partial charge is 0.361 e. The fourth-order valence-corrected chi connectivity index (χ4v) is 2.79. The average Bonchev–Trinajstić information content (AvgIpc) is 2.69. The van der Waals surface area contributed by atoms with E-state index in [-0.39, 0.29) is 22.5 Å². The number of halogens is 2. The Morgan fingerprint density at radius 2 is 2.07 bits per heavy atom. The number of epoxide rings is 1. The summed E-state index contributed by atoms with van der Waals surface area (Å²) in [5.74, 6) is -0.360. The summed E-state index contributed by atoms with van der Waals surface area (Å²) in [5, 5.41) is 0.191. The Morgan fingerprint density at radius 3 is 2.73 bits per heavy atom. The summed E-state index contributed by atoms with van der Waals surface area (Å²) in [5.41, 5.74) is 1.09. The summed E-state index contributed by atoms with van der Waals surface area (Å²) in [6, 6.07) is 4.88. The van der Waals surface area contributed by atoms with Gasteiger partial charge in [-0.2, -0.15) is 0 Å². The van der Waals surface area contributed by atoms with Crippen LogP contribution in [0.2, 0.25) is 5.02 Å². The molecule has 1 aliphatic carbocycles. The third-order valence-electron chi connectivity index (χ3n) is 3.47. The first-order valence-electron chi connectivity index (χ1n) is 5.34. The molecule has 3 heteroatoms. The minimum absolute atomic E-state index is 0.0706. The molecule has 0 bridgehead atoms. The van der Waals surface area contributed by atoms with Crippen LogP contribution >= 0.6 is 11.6 Å². The van der Waals surface area contributed by atoms with Gasteiger partial charge < -0.3 is 4.74 Å². The van der Waals surface area contributed by atoms with Crippen LogP contribution < -0.4 is 0 Å². The SMILES string of the molecule is Fc1ccc(C2OC23CCCC3)cc1Cl. The van der Waals surface area contributed by atoms with Crippen LogP contribution in [0.3, 0.4) is 0 Å². The highest BCUT2D eigenvalue weighted by Crippen LogP contribution is 2.58. The van der Waals surface area contributed by atoms with Crippen molar-refractivity contribution in [3.63, 3.8) is 0 Å². The Hall–Kier alpha value is -0.600. The minimum Gasteiger partial charge on any atom is -0.361 e. The van der Waals surface area contributed by atoms with Gasteiger partial charge in [-0.05, 0) is 30.5 Å². The van der Waals surface area contributed by atoms with E-state index < -0.39 is 0 Å². The van der Waals surface area contributed by atoms with Gasteiger partial charge in [-0.3, -0.25) is 0 Å². The summed E-state index contributed by atoms with van der Waals surface area (Å²) in [7, 11) is 0. The van der Waals surface area contributed by atoms with Crippen molar-refractivity contribution in [2.24, 2.45) is 0 Å². The molecule has 1 unspecified atom stereocenters. The number of rotatable bonds is 1. The smallest absolute Gasteiger partial charge is 0.141 e. The van der Waals surface area contributed by atoms with Gasteiger partial charge >= 0.3 is 0 Å². The molecule has 1 aromatic carbocycles. The third-order valence-corrected chi connectivity index (χ3v) is 3.76. The van der Waals surface area contributed by atoms with Crippen LogP contribution in [0.25, 0.3) is 0 Å². The zero-order chi connectivity index (χ0) is 10.5. The highest BCUT2D eigenvalue weighted by molar-refractivity contribution is 6.30. The van der Waals surface area contributed by atoms with Gasteiger partial charge in [0, 0.05) is 0 Å². The predicted molar refractivity (Wildman–Crippen MR) is 56.4 cm³/mol. The molecule has 1 nitrogen and oxygen atoms in total. The van der Waals surface area contributed by atoms with Crippen LogP contribution in [0, 0.1) is 5.82 Å². The molecule has 1 aromatic rings. The number of benzene rings is 1. The maximum Gasteiger partial charge on any atom is 0.141 e. The Bertz CT molecular complexity index is 399. The van der Waals surface area contributed by atoms with Crippen molar-refractivity contribution < 1.29 is 9.13 Å². The molecule has 1 aliphatic heterocycles. The van der Waals surface area contributed by atoms with Gasteiger partial charge in [-0.15, -0.1) is 0 Å². The van der Waals surface area contributed by atoms with Crippen LogP contribution in [0.5, 0.6) is 0 Å². The Balaban J connectivity index is 1.86. The molecule has 0 radical (unpaired) electrons. The Labute approximate surface area is 93.2 Å². The van der Waals surface area contributed by atoms with Crippen LogP contribution in [0.1, 0.15) is 37.4 Å². The van der Waals surface area contributed by atoms with Gasteiger partial charge in [0.1, 0.15) is 11.9 Å². The van der Waals surface area contributed by atoms with E-state index >= 15 is 0 Å². The van der Waals surface area contributed by atoms with Crippen molar-refractivity contribution >= 4 is 11.6 Å². The summed E-state index contributed by atoms with van der Waals surface area (Å²) in [4.78, 5) is 0. The quantitative estimate of drug-likeness (QED) is 0.663. The summed E-state index contributed by atoms with van der Waals surface area (Å²) < 4.78 is 18.7. The Kier molecular flexibility index (Phi) is 2.05. The van der Waals surface area contributed by atoms with Crippen LogP contribution in [0.4, 0.5) is 4.39 Å². The monoisotopic (exact) mass is 226 g/mol. The molecule has 2 fully saturated rings. The van der Waals surface area contributed by atoms with E-state index in [1.807, 2.05) is 0 Å². The molecule has 3 rings (SSSR count). The van der Waals surface area contributed by atoms with Gasteiger partial charge in [0.2, 0.25) is 0 Å². The Morgan fingerprint density at radius 1 is 1.33 bits per heavy atom. The van der Waals surface area contributed by atoms with E-state index in [0.29, 0.717) is 0 Å². The highest BCUT2D eigenvalue weighted by atomic mass is 35.5. The average molecular weight is 227 g/mol. The standard InChI is InChI=1S/C12H12ClFO/c13-9-7-8(3-4-10(9)14)11-12(15-11)5-1-2-6-12/h3-4,7,11H,1-2,5-6H2. The zero-order valence-electron chi connectivity index (χ0n) is 8.30. The van der Waals surface area contributed by atoms with E-state index in [0.717, 1.165) is 18.4 Å². The van der Waals surface area contributed by atoms with Gasteiger partial charge in [-0.1, -0.05) is 30.5 Å². The normalized spacial score (nSPS) is 27.2. The summed E-state index contributed by atoms with van der Waals surface area (Å²) in [6.45, 7) is 0. The second-order valence-electron chi connectivity index (χ2n) is 4.44. The lowest BCUT2D eigenvalue weighted by atomic mass is 9.98. The van der Waals surface area contributed by atoms with E-state index in [4.69, 9.17) is 16.3 Å². The first-order valence-corrected chi connectivity index (χ1v) is 5.72. The molecule has 2 aliphatic rings. The van der Waals surface area contributed by atoms with Crippen LogP contribution in [-0.4, -0.2) is 5.60 Å². The van der Waals surface area contributed by atoms with Crippen molar-refractivity contribution in [2.75, 3.05) is 0 Å². The third kappa shape index (κ3) is 1.47. The molecule has 80 valence electrons. The minimum atomic E-state index is -0.360. The lowest BCUT2D eigenvalue weighted by molar-refractivity contribution is 0.297. The van der Waals surface area contributed by atoms with Crippen molar-refractivity contribution in [1.29, 1.82) is 0 Å². The van der Waals surface area contributed by atoms with Crippen molar-refractivity contribution in [2.45, 2.75) is 37.4 Å². The lowest BCUT2D eigenvalue weighted by Crippen LogP contribution is -2.04. The first-order chi connectivity index (χ1) is 7.21. The zero-order valence-corrected chi connectivity index (χ0v) is 9.06. The van der Waals surface area contributed by atoms with E-state index in [2.05, 4.69) is 0 Å². The fourth-order valence-electron chi connectivity index (χ4n) is 2.60. The van der Waals surface area contributed by atoms with Gasteiger partial charge in [-0.25, -0.2) is 4.39 Å². The molecule has 0 aromatic heterocycles. The van der Waals surface area contributed by atoms with Crippen LogP contribution in [-0.2, 0) is 4.74 Å². The summed E-state index contributed by atoms with van der Waals surface area (Å²) in [6.07, 6.45) is 4.90. The summed E-state index contributed by atoms with van der Waals surface area (Å²) >= 11 is 5.75. The van der Waals surface area contributed by atoms with Gasteiger partial charge in [0.15, 0.2) is 0 Å². The second-order valence-corrected chi connectivity index (χ2v) is 4.85. The van der Waals surface area contributed by atoms with E-state index in [9.17, 15) is 4.39 Å². The molecule has 15 heavy (non-hydrogen) atoms. The van der Waals surface area contributed by atoms with E-state index in [1.54, 1.807) is 12.1 Å².